The summed E-state index contributed by atoms with van der Waals surface area (Å²) < 4.78 is 46.2. The number of anilines is 1. The number of halogens is 3. The van der Waals surface area contributed by atoms with Gasteiger partial charge in [-0.05, 0) is 30.7 Å². The minimum atomic E-state index is -4.50. The summed E-state index contributed by atoms with van der Waals surface area (Å²) in [4.78, 5) is 24.5. The summed E-state index contributed by atoms with van der Waals surface area (Å²) in [6.07, 6.45) is 3.84. The smallest absolute Gasteiger partial charge is 0.416 e. The Labute approximate surface area is 174 Å². The number of fused-ring (bicyclic) bond motifs is 1. The van der Waals surface area contributed by atoms with Crippen molar-refractivity contribution in [2.45, 2.75) is 13.1 Å². The van der Waals surface area contributed by atoms with Gasteiger partial charge < -0.3 is 10.1 Å². The van der Waals surface area contributed by atoms with E-state index in [1.165, 1.54) is 19.1 Å². The summed E-state index contributed by atoms with van der Waals surface area (Å²) in [5, 5.41) is 2.40. The van der Waals surface area contributed by atoms with Crippen LogP contribution in [0.15, 0.2) is 61.3 Å². The number of carbonyl (C=O) groups excluding carboxylic acids is 1. The Bertz CT molecular complexity index is 1240. The lowest BCUT2D eigenvalue weighted by atomic mass is 10.1. The summed E-state index contributed by atoms with van der Waals surface area (Å²) in [5.74, 6) is -0.397. The monoisotopic (exact) mass is 427 g/mol. The highest BCUT2D eigenvalue weighted by Crippen LogP contribution is 2.33. The second-order valence-corrected chi connectivity index (χ2v) is 6.70. The summed E-state index contributed by atoms with van der Waals surface area (Å²) in [7, 11) is 0. The number of aryl methyl sites for hydroxylation is 1. The number of hydrogen-bond acceptors (Lipinski definition) is 5. The van der Waals surface area contributed by atoms with Crippen LogP contribution in [0.4, 0.5) is 18.9 Å². The molecule has 0 radical (unpaired) electrons. The van der Waals surface area contributed by atoms with Crippen LogP contribution in [-0.2, 0) is 11.0 Å². The summed E-state index contributed by atoms with van der Waals surface area (Å²) in [6.45, 7) is 0.958. The Morgan fingerprint density at radius 2 is 1.97 bits per heavy atom. The molecule has 3 aromatic heterocycles. The van der Waals surface area contributed by atoms with Crippen LogP contribution in [0.3, 0.4) is 0 Å². The van der Waals surface area contributed by atoms with Crippen molar-refractivity contribution in [3.8, 4) is 17.1 Å². The van der Waals surface area contributed by atoms with Crippen LogP contribution >= 0.6 is 0 Å². The molecule has 1 N–H and O–H groups in total. The number of ether oxygens (including phenoxy) is 1. The SMILES string of the molecule is Cc1ccc(NC(=O)COc2ccc(-c3cnc4cnccn34)cn2)cc1C(F)(F)F. The zero-order valence-corrected chi connectivity index (χ0v) is 16.2. The number of amides is 1. The van der Waals surface area contributed by atoms with Crippen molar-refractivity contribution in [1.82, 2.24) is 19.4 Å². The van der Waals surface area contributed by atoms with Crippen molar-refractivity contribution in [3.05, 3.63) is 72.4 Å². The molecule has 0 aliphatic carbocycles. The lowest BCUT2D eigenvalue weighted by Crippen LogP contribution is -2.21. The summed E-state index contributed by atoms with van der Waals surface area (Å²) in [6, 6.07) is 6.96. The van der Waals surface area contributed by atoms with Crippen molar-refractivity contribution in [2.24, 2.45) is 0 Å². The highest BCUT2D eigenvalue weighted by molar-refractivity contribution is 5.92. The van der Waals surface area contributed by atoms with E-state index in [4.69, 9.17) is 4.74 Å². The molecule has 1 aromatic carbocycles. The predicted molar refractivity (Wildman–Crippen MR) is 107 cm³/mol. The molecular weight excluding hydrogens is 411 g/mol. The molecule has 4 aromatic rings. The molecule has 3 heterocycles. The lowest BCUT2D eigenvalue weighted by Gasteiger charge is -2.13. The van der Waals surface area contributed by atoms with Gasteiger partial charge in [-0.1, -0.05) is 6.07 Å². The van der Waals surface area contributed by atoms with Crippen molar-refractivity contribution in [2.75, 3.05) is 11.9 Å². The molecule has 0 saturated heterocycles. The third-order valence-corrected chi connectivity index (χ3v) is 4.53. The minimum Gasteiger partial charge on any atom is -0.468 e. The van der Waals surface area contributed by atoms with Crippen LogP contribution in [0.1, 0.15) is 11.1 Å². The van der Waals surface area contributed by atoms with E-state index in [1.54, 1.807) is 43.1 Å². The van der Waals surface area contributed by atoms with Gasteiger partial charge in [0.1, 0.15) is 0 Å². The normalized spacial score (nSPS) is 11.5. The van der Waals surface area contributed by atoms with Gasteiger partial charge in [0, 0.05) is 35.9 Å². The Hall–Kier alpha value is -3.95. The average molecular weight is 427 g/mol. The molecule has 0 atom stereocenters. The van der Waals surface area contributed by atoms with Gasteiger partial charge in [0.05, 0.1) is 23.7 Å². The first-order valence-corrected chi connectivity index (χ1v) is 9.15. The molecule has 0 fully saturated rings. The highest BCUT2D eigenvalue weighted by atomic mass is 19.4. The molecule has 10 heteroatoms. The maximum atomic E-state index is 13.0. The first-order chi connectivity index (χ1) is 14.8. The van der Waals surface area contributed by atoms with Crippen molar-refractivity contribution < 1.29 is 22.7 Å². The summed E-state index contributed by atoms with van der Waals surface area (Å²) >= 11 is 0. The summed E-state index contributed by atoms with van der Waals surface area (Å²) in [5.41, 5.74) is 1.61. The van der Waals surface area contributed by atoms with Gasteiger partial charge >= 0.3 is 6.18 Å². The van der Waals surface area contributed by atoms with Gasteiger partial charge in [0.2, 0.25) is 5.88 Å². The maximum Gasteiger partial charge on any atom is 0.416 e. The molecule has 7 nitrogen and oxygen atoms in total. The van der Waals surface area contributed by atoms with Gasteiger partial charge in [0.15, 0.2) is 12.3 Å². The molecule has 0 bridgehead atoms. The molecule has 4 rings (SSSR count). The molecule has 0 aliphatic rings. The number of nitrogens with one attached hydrogen (secondary N) is 1. The molecule has 1 amide bonds. The molecular formula is C21H16F3N5O2. The number of benzene rings is 1. The molecule has 158 valence electrons. The Balaban J connectivity index is 1.39. The number of pyridine rings is 1. The average Bonchev–Trinajstić information content (AvgIpc) is 3.17. The van der Waals surface area contributed by atoms with Crippen LogP contribution in [0.5, 0.6) is 5.88 Å². The zero-order chi connectivity index (χ0) is 22.0. The maximum absolute atomic E-state index is 13.0. The quantitative estimate of drug-likeness (QED) is 0.518. The molecule has 0 aliphatic heterocycles. The fourth-order valence-corrected chi connectivity index (χ4v) is 3.01. The number of alkyl halides is 3. The fourth-order valence-electron chi connectivity index (χ4n) is 3.01. The van der Waals surface area contributed by atoms with E-state index >= 15 is 0 Å². The van der Waals surface area contributed by atoms with Gasteiger partial charge in [-0.2, -0.15) is 13.2 Å². The van der Waals surface area contributed by atoms with Crippen LogP contribution in [0.25, 0.3) is 16.9 Å². The zero-order valence-electron chi connectivity index (χ0n) is 16.2. The number of imidazole rings is 1. The van der Waals surface area contributed by atoms with Gasteiger partial charge in [-0.15, -0.1) is 0 Å². The Kier molecular flexibility index (Phi) is 5.28. The number of nitrogens with zero attached hydrogens (tertiary/aromatic N) is 4. The number of rotatable bonds is 5. The van der Waals surface area contributed by atoms with E-state index in [0.717, 1.165) is 17.3 Å². The van der Waals surface area contributed by atoms with Gasteiger partial charge in [0.25, 0.3) is 5.91 Å². The van der Waals surface area contributed by atoms with E-state index in [0.29, 0.717) is 5.65 Å². The molecule has 0 saturated carbocycles. The Morgan fingerprint density at radius 1 is 1.13 bits per heavy atom. The first kappa shape index (κ1) is 20.3. The van der Waals surface area contributed by atoms with Crippen LogP contribution in [-0.4, -0.2) is 31.9 Å². The van der Waals surface area contributed by atoms with Gasteiger partial charge in [-0.3, -0.25) is 14.2 Å². The van der Waals surface area contributed by atoms with Crippen molar-refractivity contribution in [1.29, 1.82) is 0 Å². The van der Waals surface area contributed by atoms with E-state index in [1.807, 2.05) is 4.40 Å². The fraction of sp³-hybridized carbons (Fsp3) is 0.143. The van der Waals surface area contributed by atoms with Crippen LogP contribution in [0, 0.1) is 6.92 Å². The second-order valence-electron chi connectivity index (χ2n) is 6.70. The number of carbonyl (C=O) groups is 1. The third kappa shape index (κ3) is 4.47. The minimum absolute atomic E-state index is 0.0388. The van der Waals surface area contributed by atoms with E-state index in [2.05, 4.69) is 20.3 Å². The van der Waals surface area contributed by atoms with Crippen LogP contribution in [0.2, 0.25) is 0 Å². The van der Waals surface area contributed by atoms with Gasteiger partial charge in [-0.25, -0.2) is 9.97 Å². The Morgan fingerprint density at radius 3 is 2.71 bits per heavy atom. The van der Waals surface area contributed by atoms with E-state index in [-0.39, 0.29) is 17.1 Å². The standard InChI is InChI=1S/C21H16F3N5O2/c1-13-2-4-15(8-16(13)21(22,23)24)28-19(30)12-31-20-5-3-14(9-27-20)17-10-26-18-11-25-6-7-29(17)18/h2-11H,12H2,1H3,(H,28,30). The first-order valence-electron chi connectivity index (χ1n) is 9.15. The number of hydrogen-bond donors (Lipinski definition) is 1. The van der Waals surface area contributed by atoms with E-state index in [9.17, 15) is 18.0 Å². The topological polar surface area (TPSA) is 81.4 Å². The molecule has 0 spiro atoms. The molecule has 31 heavy (non-hydrogen) atoms. The van der Waals surface area contributed by atoms with E-state index < -0.39 is 24.3 Å². The molecule has 0 unspecified atom stereocenters. The van der Waals surface area contributed by atoms with Crippen LogP contribution < -0.4 is 10.1 Å². The van der Waals surface area contributed by atoms with Crippen molar-refractivity contribution >= 4 is 17.2 Å². The predicted octanol–water partition coefficient (Wildman–Crippen LogP) is 4.14. The second kappa shape index (κ2) is 8.05. The van der Waals surface area contributed by atoms with Crippen molar-refractivity contribution in [3.63, 3.8) is 0 Å². The largest absolute Gasteiger partial charge is 0.468 e. The number of aromatic nitrogens is 4. The lowest BCUT2D eigenvalue weighted by molar-refractivity contribution is -0.138. The third-order valence-electron chi connectivity index (χ3n) is 4.53. The highest BCUT2D eigenvalue weighted by Gasteiger charge is 2.32.